The van der Waals surface area contributed by atoms with Crippen molar-refractivity contribution in [1.29, 1.82) is 0 Å². The van der Waals surface area contributed by atoms with Crippen molar-refractivity contribution in [3.05, 3.63) is 107 Å². The van der Waals surface area contributed by atoms with Crippen LogP contribution in [0.4, 0.5) is 5.69 Å². The Morgan fingerprint density at radius 3 is 2.50 bits per heavy atom. The molecule has 0 saturated heterocycles. The van der Waals surface area contributed by atoms with Crippen LogP contribution in [0.5, 0.6) is 5.75 Å². The third-order valence-corrected chi connectivity index (χ3v) is 5.55. The number of fused-ring (bicyclic) bond motifs is 1. The fraction of sp³-hybridized carbons (Fsp3) is 0.0741. The van der Waals surface area contributed by atoms with Gasteiger partial charge in [0.1, 0.15) is 5.75 Å². The number of nitrogens with zero attached hydrogens (tertiary/aromatic N) is 1. The molecule has 6 nitrogen and oxygen atoms in total. The summed E-state index contributed by atoms with van der Waals surface area (Å²) >= 11 is 5.89. The van der Waals surface area contributed by atoms with E-state index in [0.717, 1.165) is 16.5 Å². The first-order valence-corrected chi connectivity index (χ1v) is 11.0. The van der Waals surface area contributed by atoms with Gasteiger partial charge >= 0.3 is 0 Å². The van der Waals surface area contributed by atoms with Crippen LogP contribution in [0.15, 0.2) is 90.0 Å². The molecule has 170 valence electrons. The summed E-state index contributed by atoms with van der Waals surface area (Å²) in [5, 5.41) is 19.4. The van der Waals surface area contributed by atoms with Gasteiger partial charge < -0.3 is 10.4 Å². The highest BCUT2D eigenvalue weighted by Gasteiger charge is 2.15. The van der Waals surface area contributed by atoms with Gasteiger partial charge in [0.15, 0.2) is 0 Å². The SMILES string of the molecule is CC(=NNC(=O)c1c(O)ccc2ccccc12)c1cccc(NC(=O)Cc2ccc(Cl)cc2)c1. The second-order valence-electron chi connectivity index (χ2n) is 7.75. The molecule has 0 heterocycles. The van der Waals surface area contributed by atoms with E-state index in [1.807, 2.05) is 30.3 Å². The average molecular weight is 472 g/mol. The maximum atomic E-state index is 12.8. The van der Waals surface area contributed by atoms with E-state index in [0.29, 0.717) is 21.8 Å². The minimum absolute atomic E-state index is 0.116. The molecule has 0 fully saturated rings. The van der Waals surface area contributed by atoms with Crippen LogP contribution < -0.4 is 10.7 Å². The number of hydrazone groups is 1. The van der Waals surface area contributed by atoms with Gasteiger partial charge in [-0.3, -0.25) is 9.59 Å². The molecule has 0 bridgehead atoms. The number of carbonyl (C=O) groups is 2. The second-order valence-corrected chi connectivity index (χ2v) is 8.19. The van der Waals surface area contributed by atoms with Gasteiger partial charge in [0.25, 0.3) is 5.91 Å². The molecule has 34 heavy (non-hydrogen) atoms. The molecule has 2 amide bonds. The Morgan fingerprint density at radius 1 is 0.941 bits per heavy atom. The lowest BCUT2D eigenvalue weighted by Crippen LogP contribution is -2.20. The maximum Gasteiger partial charge on any atom is 0.275 e. The van der Waals surface area contributed by atoms with E-state index in [4.69, 9.17) is 11.6 Å². The Morgan fingerprint density at radius 2 is 1.71 bits per heavy atom. The van der Waals surface area contributed by atoms with Crippen LogP contribution in [0.1, 0.15) is 28.4 Å². The number of benzene rings is 4. The molecule has 4 aromatic carbocycles. The molecule has 3 N–H and O–H groups in total. The summed E-state index contributed by atoms with van der Waals surface area (Å²) in [4.78, 5) is 25.2. The number of halogens is 1. The van der Waals surface area contributed by atoms with E-state index in [9.17, 15) is 14.7 Å². The third kappa shape index (κ3) is 5.42. The summed E-state index contributed by atoms with van der Waals surface area (Å²) in [7, 11) is 0. The summed E-state index contributed by atoms with van der Waals surface area (Å²) in [6.07, 6.45) is 0.221. The highest BCUT2D eigenvalue weighted by molar-refractivity contribution is 6.30. The van der Waals surface area contributed by atoms with Crippen molar-refractivity contribution in [2.24, 2.45) is 5.10 Å². The zero-order valence-electron chi connectivity index (χ0n) is 18.4. The van der Waals surface area contributed by atoms with E-state index in [-0.39, 0.29) is 23.6 Å². The maximum absolute atomic E-state index is 12.8. The molecule has 0 unspecified atom stereocenters. The summed E-state index contributed by atoms with van der Waals surface area (Å²) in [6, 6.07) is 24.9. The third-order valence-electron chi connectivity index (χ3n) is 5.30. The van der Waals surface area contributed by atoms with Crippen molar-refractivity contribution in [3.63, 3.8) is 0 Å². The van der Waals surface area contributed by atoms with Crippen molar-refractivity contribution >= 4 is 45.6 Å². The first-order valence-electron chi connectivity index (χ1n) is 10.6. The number of phenols is 1. The minimum atomic E-state index is -0.513. The zero-order chi connectivity index (χ0) is 24.1. The Labute approximate surface area is 201 Å². The highest BCUT2D eigenvalue weighted by Crippen LogP contribution is 2.27. The summed E-state index contributed by atoms with van der Waals surface area (Å²) in [5.41, 5.74) is 5.43. The minimum Gasteiger partial charge on any atom is -0.507 e. The van der Waals surface area contributed by atoms with E-state index in [1.54, 1.807) is 55.5 Å². The molecular weight excluding hydrogens is 450 g/mol. The first-order chi connectivity index (χ1) is 16.4. The first kappa shape index (κ1) is 23.0. The molecule has 0 radical (unpaired) electrons. The van der Waals surface area contributed by atoms with Gasteiger partial charge in [-0.2, -0.15) is 5.10 Å². The fourth-order valence-electron chi connectivity index (χ4n) is 3.57. The molecule has 0 aliphatic heterocycles. The molecular formula is C27H22ClN3O3. The summed E-state index contributed by atoms with van der Waals surface area (Å²) in [6.45, 7) is 1.75. The van der Waals surface area contributed by atoms with E-state index in [1.165, 1.54) is 6.07 Å². The van der Waals surface area contributed by atoms with Crippen LogP contribution in [-0.2, 0) is 11.2 Å². The molecule has 0 aliphatic rings. The molecule has 0 spiro atoms. The van der Waals surface area contributed by atoms with Gasteiger partial charge in [0, 0.05) is 10.7 Å². The predicted octanol–water partition coefficient (Wildman–Crippen LogP) is 5.53. The number of hydrogen-bond donors (Lipinski definition) is 3. The lowest BCUT2D eigenvalue weighted by atomic mass is 10.0. The van der Waals surface area contributed by atoms with E-state index in [2.05, 4.69) is 15.8 Å². The van der Waals surface area contributed by atoms with Crippen molar-refractivity contribution < 1.29 is 14.7 Å². The lowest BCUT2D eigenvalue weighted by molar-refractivity contribution is -0.115. The lowest BCUT2D eigenvalue weighted by Gasteiger charge is -2.09. The standard InChI is InChI=1S/C27H22ClN3O3/c1-17(30-31-27(34)26-23-8-3-2-5-19(23)11-14-24(26)32)20-6-4-7-22(16-20)29-25(33)15-18-9-12-21(28)13-10-18/h2-14,16,32H,15H2,1H3,(H,29,33)(H,31,34). The molecule has 4 rings (SSSR count). The fourth-order valence-corrected chi connectivity index (χ4v) is 3.69. The molecule has 0 atom stereocenters. The number of rotatable bonds is 6. The molecule has 4 aromatic rings. The van der Waals surface area contributed by atoms with Crippen LogP contribution in [0, 0.1) is 0 Å². The number of carbonyl (C=O) groups excluding carboxylic acids is 2. The predicted molar refractivity (Wildman–Crippen MR) is 136 cm³/mol. The van der Waals surface area contributed by atoms with Crippen LogP contribution in [0.25, 0.3) is 10.8 Å². The Balaban J connectivity index is 1.46. The van der Waals surface area contributed by atoms with Gasteiger partial charge in [-0.05, 0) is 59.2 Å². The smallest absolute Gasteiger partial charge is 0.275 e. The van der Waals surface area contributed by atoms with E-state index >= 15 is 0 Å². The number of aromatic hydroxyl groups is 1. The van der Waals surface area contributed by atoms with Crippen molar-refractivity contribution in [2.45, 2.75) is 13.3 Å². The summed E-state index contributed by atoms with van der Waals surface area (Å²) < 4.78 is 0. The van der Waals surface area contributed by atoms with E-state index < -0.39 is 5.91 Å². The normalized spacial score (nSPS) is 11.3. The quantitative estimate of drug-likeness (QED) is 0.255. The second kappa shape index (κ2) is 10.2. The number of amides is 2. The summed E-state index contributed by atoms with van der Waals surface area (Å²) in [5.74, 6) is -0.788. The molecule has 0 aromatic heterocycles. The molecule has 0 saturated carbocycles. The van der Waals surface area contributed by atoms with Crippen LogP contribution in [0.3, 0.4) is 0 Å². The molecule has 7 heteroatoms. The largest absolute Gasteiger partial charge is 0.507 e. The van der Waals surface area contributed by atoms with Crippen LogP contribution >= 0.6 is 11.6 Å². The zero-order valence-corrected chi connectivity index (χ0v) is 19.1. The number of nitrogens with one attached hydrogen (secondary N) is 2. The van der Waals surface area contributed by atoms with Crippen molar-refractivity contribution in [1.82, 2.24) is 5.43 Å². The number of hydrogen-bond acceptors (Lipinski definition) is 4. The monoisotopic (exact) mass is 471 g/mol. The highest BCUT2D eigenvalue weighted by atomic mass is 35.5. The van der Waals surface area contributed by atoms with Crippen LogP contribution in [-0.4, -0.2) is 22.6 Å². The van der Waals surface area contributed by atoms with Crippen molar-refractivity contribution in [2.75, 3.05) is 5.32 Å². The number of anilines is 1. The van der Waals surface area contributed by atoms with Crippen LogP contribution in [0.2, 0.25) is 5.02 Å². The van der Waals surface area contributed by atoms with Gasteiger partial charge in [-0.1, -0.05) is 66.2 Å². The Bertz CT molecular complexity index is 1400. The average Bonchev–Trinajstić information content (AvgIpc) is 2.84. The Kier molecular flexibility index (Phi) is 6.90. The topological polar surface area (TPSA) is 90.8 Å². The van der Waals surface area contributed by atoms with Gasteiger partial charge in [-0.15, -0.1) is 0 Å². The molecule has 0 aliphatic carbocycles. The number of phenolic OH excluding ortho intramolecular Hbond substituents is 1. The van der Waals surface area contributed by atoms with Gasteiger partial charge in [0.2, 0.25) is 5.91 Å². The van der Waals surface area contributed by atoms with Gasteiger partial charge in [0.05, 0.1) is 17.7 Å². The van der Waals surface area contributed by atoms with Crippen molar-refractivity contribution in [3.8, 4) is 5.75 Å². The Hall–Kier alpha value is -4.16. The van der Waals surface area contributed by atoms with Gasteiger partial charge in [-0.25, -0.2) is 5.43 Å².